The molecule has 0 spiro atoms. The molecule has 0 N–H and O–H groups in total. The maximum Gasteiger partial charge on any atom is 0.254 e. The van der Waals surface area contributed by atoms with Gasteiger partial charge in [-0.1, -0.05) is 6.07 Å². The van der Waals surface area contributed by atoms with Gasteiger partial charge in [0.25, 0.3) is 5.91 Å². The zero-order valence-electron chi connectivity index (χ0n) is 15.6. The van der Waals surface area contributed by atoms with E-state index in [-0.39, 0.29) is 12.0 Å². The first-order valence-corrected chi connectivity index (χ1v) is 9.46. The minimum absolute atomic E-state index is 0.115. The van der Waals surface area contributed by atoms with Gasteiger partial charge < -0.3 is 23.2 Å². The highest BCUT2D eigenvalue weighted by molar-refractivity contribution is 5.94. The zero-order valence-corrected chi connectivity index (χ0v) is 15.6. The van der Waals surface area contributed by atoms with Gasteiger partial charge in [0.05, 0.1) is 31.7 Å². The Bertz CT molecular complexity index is 830. The fourth-order valence-corrected chi connectivity index (χ4v) is 3.25. The Morgan fingerprint density at radius 1 is 1.04 bits per heavy atom. The first kappa shape index (κ1) is 18.4. The highest BCUT2D eigenvalue weighted by atomic mass is 16.5. The van der Waals surface area contributed by atoms with Crippen LogP contribution in [0.5, 0.6) is 5.75 Å². The molecule has 0 saturated carbocycles. The maximum absolute atomic E-state index is 13.2. The Morgan fingerprint density at radius 2 is 1.79 bits per heavy atom. The van der Waals surface area contributed by atoms with E-state index in [0.717, 1.165) is 19.4 Å². The van der Waals surface area contributed by atoms with Crippen LogP contribution in [-0.2, 0) is 17.8 Å². The van der Waals surface area contributed by atoms with Gasteiger partial charge in [-0.15, -0.1) is 0 Å². The number of benzene rings is 1. The lowest BCUT2D eigenvalue weighted by Gasteiger charge is -2.21. The van der Waals surface area contributed by atoms with Gasteiger partial charge in [0, 0.05) is 12.2 Å². The van der Waals surface area contributed by atoms with Gasteiger partial charge in [0.1, 0.15) is 23.9 Å². The van der Waals surface area contributed by atoms with Gasteiger partial charge in [0.2, 0.25) is 0 Å². The smallest absolute Gasteiger partial charge is 0.254 e. The predicted octanol–water partition coefficient (Wildman–Crippen LogP) is 4.27. The number of furan rings is 2. The summed E-state index contributed by atoms with van der Waals surface area (Å²) in [6, 6.07) is 14.6. The van der Waals surface area contributed by atoms with Crippen LogP contribution in [0.25, 0.3) is 0 Å². The normalized spacial score (nSPS) is 16.2. The quantitative estimate of drug-likeness (QED) is 0.583. The lowest BCUT2D eigenvalue weighted by Crippen LogP contribution is -2.30. The summed E-state index contributed by atoms with van der Waals surface area (Å²) in [5.74, 6) is 1.98. The summed E-state index contributed by atoms with van der Waals surface area (Å²) in [7, 11) is 0. The average molecular weight is 381 g/mol. The second kappa shape index (κ2) is 8.80. The SMILES string of the molecule is O=C(c1cccc(OCC2CCCO2)c1)N(Cc1ccco1)Cc1ccco1. The Morgan fingerprint density at radius 3 is 2.39 bits per heavy atom. The van der Waals surface area contributed by atoms with Crippen molar-refractivity contribution in [3.05, 3.63) is 78.1 Å². The van der Waals surface area contributed by atoms with Crippen LogP contribution in [0.2, 0.25) is 0 Å². The van der Waals surface area contributed by atoms with E-state index in [1.54, 1.807) is 29.6 Å². The van der Waals surface area contributed by atoms with E-state index in [2.05, 4.69) is 0 Å². The molecule has 6 heteroatoms. The van der Waals surface area contributed by atoms with Crippen LogP contribution >= 0.6 is 0 Å². The van der Waals surface area contributed by atoms with E-state index in [1.807, 2.05) is 36.4 Å². The van der Waals surface area contributed by atoms with Crippen molar-refractivity contribution in [2.45, 2.75) is 32.0 Å². The van der Waals surface area contributed by atoms with Crippen LogP contribution in [0, 0.1) is 0 Å². The molecule has 1 aliphatic rings. The van der Waals surface area contributed by atoms with Gasteiger partial charge in [-0.2, -0.15) is 0 Å². The fraction of sp³-hybridized carbons (Fsp3) is 0.318. The molecular weight excluding hydrogens is 358 g/mol. The average Bonchev–Trinajstić information content (AvgIpc) is 3.49. The summed E-state index contributed by atoms with van der Waals surface area (Å²) in [4.78, 5) is 14.9. The summed E-state index contributed by atoms with van der Waals surface area (Å²) in [6.07, 6.45) is 5.42. The van der Waals surface area contributed by atoms with Crippen molar-refractivity contribution in [3.8, 4) is 5.75 Å². The van der Waals surface area contributed by atoms with Crippen molar-refractivity contribution in [2.24, 2.45) is 0 Å². The van der Waals surface area contributed by atoms with Gasteiger partial charge in [-0.3, -0.25) is 4.79 Å². The highest BCUT2D eigenvalue weighted by Crippen LogP contribution is 2.20. The first-order valence-electron chi connectivity index (χ1n) is 9.46. The second-order valence-corrected chi connectivity index (χ2v) is 6.79. The van der Waals surface area contributed by atoms with Crippen molar-refractivity contribution >= 4 is 5.91 Å². The molecule has 3 aromatic rings. The summed E-state index contributed by atoms with van der Waals surface area (Å²) in [6.45, 7) is 2.00. The van der Waals surface area contributed by atoms with Gasteiger partial charge in [-0.25, -0.2) is 0 Å². The van der Waals surface area contributed by atoms with E-state index in [9.17, 15) is 4.79 Å². The van der Waals surface area contributed by atoms with Crippen LogP contribution in [-0.4, -0.2) is 30.1 Å². The molecule has 6 nitrogen and oxygen atoms in total. The summed E-state index contributed by atoms with van der Waals surface area (Å²) < 4.78 is 22.3. The molecule has 146 valence electrons. The van der Waals surface area contributed by atoms with Gasteiger partial charge >= 0.3 is 0 Å². The molecule has 1 fully saturated rings. The molecule has 1 unspecified atom stereocenters. The minimum atomic E-state index is -0.115. The summed E-state index contributed by atoms with van der Waals surface area (Å²) >= 11 is 0. The Hall–Kier alpha value is -2.99. The number of nitrogens with zero attached hydrogens (tertiary/aromatic N) is 1. The van der Waals surface area contributed by atoms with Crippen molar-refractivity contribution in [3.63, 3.8) is 0 Å². The lowest BCUT2D eigenvalue weighted by molar-refractivity contribution is 0.0673. The second-order valence-electron chi connectivity index (χ2n) is 6.79. The van der Waals surface area contributed by atoms with Crippen molar-refractivity contribution in [1.29, 1.82) is 0 Å². The molecule has 0 radical (unpaired) electrons. The molecule has 1 aromatic carbocycles. The summed E-state index contributed by atoms with van der Waals surface area (Å²) in [5, 5.41) is 0. The van der Waals surface area contributed by atoms with Gasteiger partial charge in [0.15, 0.2) is 0 Å². The number of amides is 1. The number of ether oxygens (including phenoxy) is 2. The standard InChI is InChI=1S/C22H23NO5/c24-22(17-5-1-6-18(13-17)28-16-21-9-4-12-27-21)23(14-19-7-2-10-25-19)15-20-8-3-11-26-20/h1-3,5-8,10-11,13,21H,4,9,12,14-16H2. The summed E-state index contributed by atoms with van der Waals surface area (Å²) in [5.41, 5.74) is 0.558. The van der Waals surface area contributed by atoms with Gasteiger partial charge in [-0.05, 0) is 55.3 Å². The van der Waals surface area contributed by atoms with E-state index < -0.39 is 0 Å². The molecule has 2 aromatic heterocycles. The first-order chi connectivity index (χ1) is 13.8. The Labute approximate surface area is 163 Å². The fourth-order valence-electron chi connectivity index (χ4n) is 3.25. The van der Waals surface area contributed by atoms with Crippen LogP contribution in [0.4, 0.5) is 0 Å². The molecule has 1 saturated heterocycles. The lowest BCUT2D eigenvalue weighted by atomic mass is 10.1. The molecule has 0 aliphatic carbocycles. The Balaban J connectivity index is 1.47. The third-order valence-corrected chi connectivity index (χ3v) is 4.68. The van der Waals surface area contributed by atoms with E-state index in [4.69, 9.17) is 18.3 Å². The molecule has 4 rings (SSSR count). The monoisotopic (exact) mass is 381 g/mol. The number of rotatable bonds is 8. The molecule has 28 heavy (non-hydrogen) atoms. The van der Waals surface area contributed by atoms with Crippen molar-refractivity contribution in [1.82, 2.24) is 4.90 Å². The molecular formula is C22H23NO5. The van der Waals surface area contributed by atoms with Crippen LogP contribution < -0.4 is 4.74 Å². The topological polar surface area (TPSA) is 65.1 Å². The van der Waals surface area contributed by atoms with Crippen LogP contribution in [0.3, 0.4) is 0 Å². The van der Waals surface area contributed by atoms with Crippen molar-refractivity contribution < 1.29 is 23.1 Å². The maximum atomic E-state index is 13.2. The number of carbonyl (C=O) groups is 1. The molecule has 3 heterocycles. The minimum Gasteiger partial charge on any atom is -0.491 e. The number of hydrogen-bond donors (Lipinski definition) is 0. The molecule has 1 aliphatic heterocycles. The Kier molecular flexibility index (Phi) is 5.77. The highest BCUT2D eigenvalue weighted by Gasteiger charge is 2.20. The van der Waals surface area contributed by atoms with Crippen molar-refractivity contribution in [2.75, 3.05) is 13.2 Å². The van der Waals surface area contributed by atoms with E-state index in [0.29, 0.717) is 42.5 Å². The molecule has 1 atom stereocenters. The zero-order chi connectivity index (χ0) is 19.2. The van der Waals surface area contributed by atoms with E-state index in [1.165, 1.54) is 0 Å². The van der Waals surface area contributed by atoms with Crippen LogP contribution in [0.1, 0.15) is 34.7 Å². The third-order valence-electron chi connectivity index (χ3n) is 4.68. The molecule has 1 amide bonds. The predicted molar refractivity (Wildman–Crippen MR) is 102 cm³/mol. The number of carbonyl (C=O) groups excluding carboxylic acids is 1. The molecule has 0 bridgehead atoms. The largest absolute Gasteiger partial charge is 0.491 e. The third kappa shape index (κ3) is 4.64. The van der Waals surface area contributed by atoms with Crippen LogP contribution in [0.15, 0.2) is 69.9 Å². The van der Waals surface area contributed by atoms with E-state index >= 15 is 0 Å². The number of hydrogen-bond acceptors (Lipinski definition) is 5.